The highest BCUT2D eigenvalue weighted by Crippen LogP contribution is 2.31. The van der Waals surface area contributed by atoms with Crippen molar-refractivity contribution in [3.63, 3.8) is 0 Å². The Morgan fingerprint density at radius 2 is 1.89 bits per heavy atom. The zero-order valence-electron chi connectivity index (χ0n) is 16.4. The van der Waals surface area contributed by atoms with E-state index in [1.54, 1.807) is 6.26 Å². The molecule has 1 atom stereocenters. The lowest BCUT2D eigenvalue weighted by molar-refractivity contribution is 0.233. The number of para-hydroxylation sites is 2. The van der Waals surface area contributed by atoms with Crippen molar-refractivity contribution in [2.45, 2.75) is 37.8 Å². The van der Waals surface area contributed by atoms with Crippen LogP contribution in [0.15, 0.2) is 47.1 Å². The summed E-state index contributed by atoms with van der Waals surface area (Å²) in [5.41, 5.74) is 1.90. The van der Waals surface area contributed by atoms with E-state index in [1.165, 1.54) is 25.7 Å². The molecular formula is C21H30N4O2. The third-order valence-corrected chi connectivity index (χ3v) is 5.36. The van der Waals surface area contributed by atoms with Crippen molar-refractivity contribution in [2.75, 3.05) is 37.9 Å². The average Bonchev–Trinajstić information content (AvgIpc) is 3.36. The maximum absolute atomic E-state index is 12.5. The fourth-order valence-electron chi connectivity index (χ4n) is 3.75. The SMILES string of the molecule is CN(C)C(CNC(=O)Nc1ccccc1N(C)C1CCCC1)c1ccco1. The number of nitrogens with one attached hydrogen (secondary N) is 2. The maximum Gasteiger partial charge on any atom is 0.319 e. The van der Waals surface area contributed by atoms with E-state index in [0.717, 1.165) is 17.1 Å². The Labute approximate surface area is 161 Å². The first-order chi connectivity index (χ1) is 13.1. The van der Waals surface area contributed by atoms with Gasteiger partial charge >= 0.3 is 6.03 Å². The van der Waals surface area contributed by atoms with Crippen molar-refractivity contribution in [2.24, 2.45) is 0 Å². The molecular weight excluding hydrogens is 340 g/mol. The Balaban J connectivity index is 1.62. The van der Waals surface area contributed by atoms with E-state index in [-0.39, 0.29) is 12.1 Å². The average molecular weight is 370 g/mol. The van der Waals surface area contributed by atoms with Gasteiger partial charge in [0.25, 0.3) is 0 Å². The smallest absolute Gasteiger partial charge is 0.319 e. The molecule has 0 bridgehead atoms. The predicted molar refractivity (Wildman–Crippen MR) is 109 cm³/mol. The first kappa shape index (κ1) is 19.3. The molecule has 2 amide bonds. The molecule has 1 unspecified atom stereocenters. The molecule has 2 aromatic rings. The molecule has 0 saturated heterocycles. The highest BCUT2D eigenvalue weighted by Gasteiger charge is 2.22. The molecule has 1 aliphatic carbocycles. The third kappa shape index (κ3) is 4.83. The van der Waals surface area contributed by atoms with Crippen molar-refractivity contribution in [3.05, 3.63) is 48.4 Å². The molecule has 1 fully saturated rings. The largest absolute Gasteiger partial charge is 0.468 e. The maximum atomic E-state index is 12.5. The molecule has 0 aliphatic heterocycles. The Hall–Kier alpha value is -2.47. The Morgan fingerprint density at radius 1 is 1.15 bits per heavy atom. The van der Waals surface area contributed by atoms with Gasteiger partial charge in [0.15, 0.2) is 0 Å². The van der Waals surface area contributed by atoms with Crippen LogP contribution in [0.2, 0.25) is 0 Å². The summed E-state index contributed by atoms with van der Waals surface area (Å²) in [6.07, 6.45) is 6.64. The molecule has 6 heteroatoms. The normalized spacial score (nSPS) is 15.7. The second kappa shape index (κ2) is 8.95. The van der Waals surface area contributed by atoms with Crippen LogP contribution in [0.4, 0.5) is 16.2 Å². The topological polar surface area (TPSA) is 60.8 Å². The minimum absolute atomic E-state index is 0.0119. The van der Waals surface area contributed by atoms with E-state index in [4.69, 9.17) is 4.42 Å². The predicted octanol–water partition coefficient (Wildman–Crippen LogP) is 4.08. The van der Waals surface area contributed by atoms with Crippen LogP contribution in [0, 0.1) is 0 Å². The van der Waals surface area contributed by atoms with E-state index in [9.17, 15) is 4.79 Å². The molecule has 0 spiro atoms. The number of nitrogens with zero attached hydrogens (tertiary/aromatic N) is 2. The summed E-state index contributed by atoms with van der Waals surface area (Å²) in [5.74, 6) is 0.835. The molecule has 0 radical (unpaired) electrons. The summed E-state index contributed by atoms with van der Waals surface area (Å²) >= 11 is 0. The summed E-state index contributed by atoms with van der Waals surface area (Å²) < 4.78 is 5.50. The Morgan fingerprint density at radius 3 is 2.56 bits per heavy atom. The number of likely N-dealkylation sites (N-methyl/N-ethyl adjacent to an activating group) is 1. The number of benzene rings is 1. The lowest BCUT2D eigenvalue weighted by atomic mass is 10.1. The highest BCUT2D eigenvalue weighted by molar-refractivity contribution is 5.93. The summed E-state index contributed by atoms with van der Waals surface area (Å²) in [7, 11) is 6.06. The van der Waals surface area contributed by atoms with Crippen molar-refractivity contribution < 1.29 is 9.21 Å². The van der Waals surface area contributed by atoms with Crippen LogP contribution in [0.5, 0.6) is 0 Å². The Kier molecular flexibility index (Phi) is 6.40. The van der Waals surface area contributed by atoms with Crippen LogP contribution in [0.25, 0.3) is 0 Å². The van der Waals surface area contributed by atoms with Crippen molar-refractivity contribution >= 4 is 17.4 Å². The number of carbonyl (C=O) groups excluding carboxylic acids is 1. The third-order valence-electron chi connectivity index (χ3n) is 5.36. The van der Waals surface area contributed by atoms with Gasteiger partial charge in [-0.3, -0.25) is 4.90 Å². The lowest BCUT2D eigenvalue weighted by Gasteiger charge is -2.29. The molecule has 1 aromatic carbocycles. The summed E-state index contributed by atoms with van der Waals surface area (Å²) in [6.45, 7) is 0.465. The van der Waals surface area contributed by atoms with E-state index in [2.05, 4.69) is 28.6 Å². The molecule has 27 heavy (non-hydrogen) atoms. The number of furan rings is 1. The van der Waals surface area contributed by atoms with Crippen molar-refractivity contribution in [1.82, 2.24) is 10.2 Å². The zero-order chi connectivity index (χ0) is 19.2. The second-order valence-corrected chi connectivity index (χ2v) is 7.40. The van der Waals surface area contributed by atoms with E-state index in [1.807, 2.05) is 49.3 Å². The van der Waals surface area contributed by atoms with Gasteiger partial charge in [-0.2, -0.15) is 0 Å². The summed E-state index contributed by atoms with van der Waals surface area (Å²) in [5, 5.41) is 5.98. The van der Waals surface area contributed by atoms with Crippen LogP contribution >= 0.6 is 0 Å². The van der Waals surface area contributed by atoms with Crippen molar-refractivity contribution in [1.29, 1.82) is 0 Å². The minimum Gasteiger partial charge on any atom is -0.468 e. The molecule has 1 heterocycles. The summed E-state index contributed by atoms with van der Waals surface area (Å²) in [6, 6.07) is 12.1. The van der Waals surface area contributed by atoms with Gasteiger partial charge in [-0.15, -0.1) is 0 Å². The molecule has 6 nitrogen and oxygen atoms in total. The fraction of sp³-hybridized carbons (Fsp3) is 0.476. The number of hydrogen-bond donors (Lipinski definition) is 2. The zero-order valence-corrected chi connectivity index (χ0v) is 16.4. The van der Waals surface area contributed by atoms with Gasteiger partial charge in [0.1, 0.15) is 5.76 Å². The number of urea groups is 1. The van der Waals surface area contributed by atoms with Gasteiger partial charge in [-0.25, -0.2) is 4.79 Å². The van der Waals surface area contributed by atoms with Gasteiger partial charge in [0, 0.05) is 19.6 Å². The molecule has 1 aliphatic rings. The second-order valence-electron chi connectivity index (χ2n) is 7.40. The van der Waals surface area contributed by atoms with Gasteiger partial charge in [0.05, 0.1) is 23.7 Å². The first-order valence-electron chi connectivity index (χ1n) is 9.63. The number of anilines is 2. The molecule has 1 aromatic heterocycles. The van der Waals surface area contributed by atoms with Gasteiger partial charge < -0.3 is 20.0 Å². The van der Waals surface area contributed by atoms with Gasteiger partial charge in [0.2, 0.25) is 0 Å². The molecule has 2 N–H and O–H groups in total. The van der Waals surface area contributed by atoms with Crippen LogP contribution in [-0.2, 0) is 0 Å². The number of amides is 2. The summed E-state index contributed by atoms with van der Waals surface area (Å²) in [4.78, 5) is 16.8. The van der Waals surface area contributed by atoms with Crippen LogP contribution < -0.4 is 15.5 Å². The monoisotopic (exact) mass is 370 g/mol. The van der Waals surface area contributed by atoms with Gasteiger partial charge in [-0.1, -0.05) is 25.0 Å². The van der Waals surface area contributed by atoms with Crippen LogP contribution in [0.1, 0.15) is 37.5 Å². The van der Waals surface area contributed by atoms with E-state index in [0.29, 0.717) is 12.6 Å². The molecule has 146 valence electrons. The van der Waals surface area contributed by atoms with Gasteiger partial charge in [-0.05, 0) is 51.2 Å². The van der Waals surface area contributed by atoms with Crippen LogP contribution in [-0.4, -0.2) is 44.7 Å². The highest BCUT2D eigenvalue weighted by atomic mass is 16.3. The fourth-order valence-corrected chi connectivity index (χ4v) is 3.75. The number of carbonyl (C=O) groups is 1. The number of hydrogen-bond acceptors (Lipinski definition) is 4. The quantitative estimate of drug-likeness (QED) is 0.771. The minimum atomic E-state index is -0.208. The van der Waals surface area contributed by atoms with Crippen molar-refractivity contribution in [3.8, 4) is 0 Å². The standard InChI is InChI=1S/C21H30N4O2/c1-24(2)19(20-13-8-14-27-20)15-22-21(26)23-17-11-6-7-12-18(17)25(3)16-9-4-5-10-16/h6-8,11-14,16,19H,4-5,9-10,15H2,1-3H3,(H2,22,23,26). The van der Waals surface area contributed by atoms with Crippen LogP contribution in [0.3, 0.4) is 0 Å². The first-order valence-corrected chi connectivity index (χ1v) is 9.63. The van der Waals surface area contributed by atoms with E-state index < -0.39 is 0 Å². The lowest BCUT2D eigenvalue weighted by Crippen LogP contribution is -2.37. The Bertz CT molecular complexity index is 724. The number of rotatable bonds is 7. The molecule has 3 rings (SSSR count). The molecule has 1 saturated carbocycles. The van der Waals surface area contributed by atoms with E-state index >= 15 is 0 Å².